The molecule has 1 aromatic heterocycles. The van der Waals surface area contributed by atoms with Crippen LogP contribution in [0.25, 0.3) is 11.3 Å². The molecule has 0 unspecified atom stereocenters. The molecule has 0 bridgehead atoms. The molecule has 0 atom stereocenters. The highest BCUT2D eigenvalue weighted by atomic mass is 32.2. The van der Waals surface area contributed by atoms with E-state index in [2.05, 4.69) is 15.6 Å². The molecular formula is C20H28N4O4S2. The summed E-state index contributed by atoms with van der Waals surface area (Å²) in [6, 6.07) is 5.30. The first-order valence-electron chi connectivity index (χ1n) is 9.90. The van der Waals surface area contributed by atoms with Gasteiger partial charge in [0.2, 0.25) is 15.9 Å². The number of benzene rings is 1. The normalized spacial score (nSPS) is 15.2. The van der Waals surface area contributed by atoms with Crippen molar-refractivity contribution in [1.82, 2.24) is 9.29 Å². The zero-order valence-corrected chi connectivity index (χ0v) is 19.1. The molecule has 0 aliphatic heterocycles. The van der Waals surface area contributed by atoms with Crippen LogP contribution in [0, 0.1) is 0 Å². The quantitative estimate of drug-likeness (QED) is 0.637. The van der Waals surface area contributed by atoms with Gasteiger partial charge in [0.1, 0.15) is 5.75 Å². The van der Waals surface area contributed by atoms with Gasteiger partial charge in [-0.15, -0.1) is 11.3 Å². The minimum Gasteiger partial charge on any atom is -0.495 e. The van der Waals surface area contributed by atoms with Crippen LogP contribution in [0.3, 0.4) is 0 Å². The van der Waals surface area contributed by atoms with E-state index in [1.54, 1.807) is 12.1 Å². The third kappa shape index (κ3) is 5.50. The highest BCUT2D eigenvalue weighted by Crippen LogP contribution is 2.32. The van der Waals surface area contributed by atoms with Crippen molar-refractivity contribution in [2.75, 3.05) is 37.6 Å². The topological polar surface area (TPSA) is 101 Å². The van der Waals surface area contributed by atoms with Crippen molar-refractivity contribution >= 4 is 38.1 Å². The fraction of sp³-hybridized carbons (Fsp3) is 0.500. The van der Waals surface area contributed by atoms with Gasteiger partial charge in [0.15, 0.2) is 5.13 Å². The molecule has 164 valence electrons. The lowest BCUT2D eigenvalue weighted by Crippen LogP contribution is -2.45. The van der Waals surface area contributed by atoms with Crippen molar-refractivity contribution in [2.45, 2.75) is 38.1 Å². The zero-order chi connectivity index (χ0) is 21.7. The average Bonchev–Trinajstić information content (AvgIpc) is 3.21. The fourth-order valence-corrected chi connectivity index (χ4v) is 5.49. The number of anilines is 2. The Morgan fingerprint density at radius 1 is 1.30 bits per heavy atom. The van der Waals surface area contributed by atoms with E-state index < -0.39 is 15.9 Å². The molecule has 1 aliphatic carbocycles. The van der Waals surface area contributed by atoms with Gasteiger partial charge in [-0.25, -0.2) is 13.4 Å². The van der Waals surface area contributed by atoms with Gasteiger partial charge in [-0.2, -0.15) is 4.31 Å². The van der Waals surface area contributed by atoms with E-state index in [4.69, 9.17) is 4.74 Å². The average molecular weight is 453 g/mol. The number of amides is 1. The predicted octanol–water partition coefficient (Wildman–Crippen LogP) is 3.39. The molecule has 2 N–H and O–H groups in total. The molecule has 1 saturated carbocycles. The molecule has 8 nitrogen and oxygen atoms in total. The number of ether oxygens (including phenoxy) is 1. The monoisotopic (exact) mass is 452 g/mol. The van der Waals surface area contributed by atoms with Crippen molar-refractivity contribution < 1.29 is 17.9 Å². The summed E-state index contributed by atoms with van der Waals surface area (Å²) in [5.74, 6) is 0.107. The molecule has 1 amide bonds. The van der Waals surface area contributed by atoms with Gasteiger partial charge in [0.05, 0.1) is 31.3 Å². The molecule has 0 radical (unpaired) electrons. The lowest BCUT2D eigenvalue weighted by Gasteiger charge is -2.31. The van der Waals surface area contributed by atoms with E-state index in [1.165, 1.54) is 22.8 Å². The number of hydrogen-bond donors (Lipinski definition) is 2. The van der Waals surface area contributed by atoms with Crippen molar-refractivity contribution in [3.63, 3.8) is 0 Å². The molecule has 30 heavy (non-hydrogen) atoms. The second-order valence-electron chi connectivity index (χ2n) is 7.35. The SMILES string of the molecule is CNc1nc(-c2ccc(OC)c(NC(=O)CN(C3CCCCC3)S(C)(=O)=O)c2)cs1. The van der Waals surface area contributed by atoms with E-state index in [-0.39, 0.29) is 12.6 Å². The number of carbonyl (C=O) groups excluding carboxylic acids is 1. The number of aromatic nitrogens is 1. The number of nitrogens with zero attached hydrogens (tertiary/aromatic N) is 2. The van der Waals surface area contributed by atoms with E-state index in [1.807, 2.05) is 18.5 Å². The first kappa shape index (κ1) is 22.5. The lowest BCUT2D eigenvalue weighted by molar-refractivity contribution is -0.116. The van der Waals surface area contributed by atoms with Crippen LogP contribution in [0.5, 0.6) is 5.75 Å². The molecular weight excluding hydrogens is 424 g/mol. The summed E-state index contributed by atoms with van der Waals surface area (Å²) >= 11 is 1.49. The van der Waals surface area contributed by atoms with Crippen LogP contribution in [-0.4, -0.2) is 56.6 Å². The number of nitrogens with one attached hydrogen (secondary N) is 2. The number of carbonyl (C=O) groups is 1. The van der Waals surface area contributed by atoms with Crippen LogP contribution in [0.2, 0.25) is 0 Å². The van der Waals surface area contributed by atoms with Crippen LogP contribution in [0.1, 0.15) is 32.1 Å². The Balaban J connectivity index is 1.79. The lowest BCUT2D eigenvalue weighted by atomic mass is 9.95. The van der Waals surface area contributed by atoms with Gasteiger partial charge < -0.3 is 15.4 Å². The third-order valence-electron chi connectivity index (χ3n) is 5.19. The Hall–Kier alpha value is -2.17. The van der Waals surface area contributed by atoms with Crippen LogP contribution in [0.15, 0.2) is 23.6 Å². The summed E-state index contributed by atoms with van der Waals surface area (Å²) < 4.78 is 31.3. The summed E-state index contributed by atoms with van der Waals surface area (Å²) in [6.45, 7) is -0.211. The van der Waals surface area contributed by atoms with Crippen LogP contribution < -0.4 is 15.4 Å². The molecule has 1 fully saturated rings. The molecule has 0 saturated heterocycles. The zero-order valence-electron chi connectivity index (χ0n) is 17.5. The highest BCUT2D eigenvalue weighted by molar-refractivity contribution is 7.88. The van der Waals surface area contributed by atoms with Crippen LogP contribution in [-0.2, 0) is 14.8 Å². The first-order valence-corrected chi connectivity index (χ1v) is 12.6. The predicted molar refractivity (Wildman–Crippen MR) is 121 cm³/mol. The Kier molecular flexibility index (Phi) is 7.32. The van der Waals surface area contributed by atoms with E-state index in [9.17, 15) is 13.2 Å². The molecule has 1 heterocycles. The third-order valence-corrected chi connectivity index (χ3v) is 7.33. The fourth-order valence-electron chi connectivity index (χ4n) is 3.70. The van der Waals surface area contributed by atoms with Crippen molar-refractivity contribution in [1.29, 1.82) is 0 Å². The summed E-state index contributed by atoms with van der Waals surface area (Å²) in [5, 5.41) is 8.55. The van der Waals surface area contributed by atoms with Gasteiger partial charge in [-0.05, 0) is 31.0 Å². The van der Waals surface area contributed by atoms with Crippen molar-refractivity contribution in [3.05, 3.63) is 23.6 Å². The Labute approximate surface area is 181 Å². The summed E-state index contributed by atoms with van der Waals surface area (Å²) in [7, 11) is -0.160. The Morgan fingerprint density at radius 3 is 2.63 bits per heavy atom. The highest BCUT2D eigenvalue weighted by Gasteiger charge is 2.30. The van der Waals surface area contributed by atoms with E-state index in [0.29, 0.717) is 11.4 Å². The van der Waals surface area contributed by atoms with Crippen LogP contribution in [0.4, 0.5) is 10.8 Å². The van der Waals surface area contributed by atoms with Gasteiger partial charge in [-0.3, -0.25) is 4.79 Å². The Morgan fingerprint density at radius 2 is 2.03 bits per heavy atom. The van der Waals surface area contributed by atoms with Gasteiger partial charge >= 0.3 is 0 Å². The molecule has 1 aromatic carbocycles. The van der Waals surface area contributed by atoms with Gasteiger partial charge in [0.25, 0.3) is 0 Å². The van der Waals surface area contributed by atoms with E-state index in [0.717, 1.165) is 54.7 Å². The first-order chi connectivity index (χ1) is 14.3. The number of thiazole rings is 1. The van der Waals surface area contributed by atoms with E-state index >= 15 is 0 Å². The summed E-state index contributed by atoms with van der Waals surface area (Å²) in [5.41, 5.74) is 2.09. The van der Waals surface area contributed by atoms with Crippen molar-refractivity contribution in [3.8, 4) is 17.0 Å². The molecule has 10 heteroatoms. The number of rotatable bonds is 8. The summed E-state index contributed by atoms with van der Waals surface area (Å²) in [6.07, 6.45) is 5.81. The smallest absolute Gasteiger partial charge is 0.239 e. The standard InChI is InChI=1S/C20H28N4O4S2/c1-21-20-23-17(13-29-20)14-9-10-18(28-2)16(11-14)22-19(25)12-24(30(3,26)27)15-7-5-4-6-8-15/h9-11,13,15H,4-8,12H2,1-3H3,(H,21,23)(H,22,25). The van der Waals surface area contributed by atoms with Crippen LogP contribution >= 0.6 is 11.3 Å². The maximum atomic E-state index is 12.8. The molecule has 2 aromatic rings. The largest absolute Gasteiger partial charge is 0.495 e. The second kappa shape index (κ2) is 9.76. The molecule has 0 spiro atoms. The molecule has 3 rings (SSSR count). The van der Waals surface area contributed by atoms with Crippen molar-refractivity contribution in [2.24, 2.45) is 0 Å². The Bertz CT molecular complexity index is 984. The second-order valence-corrected chi connectivity index (χ2v) is 10.1. The maximum absolute atomic E-state index is 12.8. The number of sulfonamides is 1. The minimum atomic E-state index is -3.49. The maximum Gasteiger partial charge on any atom is 0.239 e. The summed E-state index contributed by atoms with van der Waals surface area (Å²) in [4.78, 5) is 17.3. The number of methoxy groups -OCH3 is 1. The number of hydrogen-bond acceptors (Lipinski definition) is 7. The van der Waals surface area contributed by atoms with Gasteiger partial charge in [0, 0.05) is 24.0 Å². The molecule has 1 aliphatic rings. The van der Waals surface area contributed by atoms with Gasteiger partial charge in [-0.1, -0.05) is 19.3 Å². The minimum absolute atomic E-state index is 0.122.